The first-order chi connectivity index (χ1) is 6.70. The zero-order valence-electron chi connectivity index (χ0n) is 7.68. The monoisotopic (exact) mass is 190 g/mol. The fourth-order valence-corrected chi connectivity index (χ4v) is 1.28. The van der Waals surface area contributed by atoms with Crippen LogP contribution in [0.4, 0.5) is 0 Å². The van der Waals surface area contributed by atoms with E-state index >= 15 is 0 Å². The van der Waals surface area contributed by atoms with Gasteiger partial charge < -0.3 is 15.3 Å². The molecule has 0 radical (unpaired) electrons. The minimum Gasteiger partial charge on any atom is -0.409 e. The predicted octanol–water partition coefficient (Wildman–Crippen LogP) is 0.737. The van der Waals surface area contributed by atoms with Gasteiger partial charge >= 0.3 is 0 Å². The summed E-state index contributed by atoms with van der Waals surface area (Å²) >= 11 is 0. The molecular formula is C9H10N4O. The predicted molar refractivity (Wildman–Crippen MR) is 52.4 cm³/mol. The summed E-state index contributed by atoms with van der Waals surface area (Å²) in [7, 11) is 0. The molecule has 0 saturated heterocycles. The molecule has 0 aromatic carbocycles. The third kappa shape index (κ3) is 1.28. The fraction of sp³-hybridized carbons (Fsp3) is 0.111. The number of oxime groups is 1. The Morgan fingerprint density at radius 3 is 3.00 bits per heavy atom. The summed E-state index contributed by atoms with van der Waals surface area (Å²) < 4.78 is 1.84. The summed E-state index contributed by atoms with van der Waals surface area (Å²) in [6.07, 6.45) is 3.65. The number of hydrogen-bond acceptors (Lipinski definition) is 3. The van der Waals surface area contributed by atoms with Crippen molar-refractivity contribution in [2.75, 3.05) is 0 Å². The van der Waals surface area contributed by atoms with Crippen molar-refractivity contribution >= 4 is 11.5 Å². The Morgan fingerprint density at radius 2 is 2.29 bits per heavy atom. The highest BCUT2D eigenvalue weighted by Gasteiger charge is 2.04. The summed E-state index contributed by atoms with van der Waals surface area (Å²) in [6.45, 7) is 1.99. The fourth-order valence-electron chi connectivity index (χ4n) is 1.28. The maximum Gasteiger partial charge on any atom is 0.190 e. The molecular weight excluding hydrogens is 180 g/mol. The van der Waals surface area contributed by atoms with Gasteiger partial charge in [0.1, 0.15) is 11.3 Å². The van der Waals surface area contributed by atoms with Crippen LogP contribution in [0.15, 0.2) is 29.7 Å². The SMILES string of the molecule is Cc1ccc2nc(/C(N)=N\O)cn2c1. The zero-order chi connectivity index (χ0) is 10.1. The van der Waals surface area contributed by atoms with Crippen LogP contribution in [-0.4, -0.2) is 20.4 Å². The topological polar surface area (TPSA) is 75.9 Å². The molecule has 0 aliphatic rings. The lowest BCUT2D eigenvalue weighted by molar-refractivity contribution is 0.318. The van der Waals surface area contributed by atoms with Gasteiger partial charge in [-0.05, 0) is 18.6 Å². The molecule has 0 saturated carbocycles. The van der Waals surface area contributed by atoms with Crippen LogP contribution < -0.4 is 5.73 Å². The Bertz CT molecular complexity index is 500. The van der Waals surface area contributed by atoms with Gasteiger partial charge in [-0.2, -0.15) is 0 Å². The standard InChI is InChI=1S/C9H10N4O/c1-6-2-3-8-11-7(9(10)12-14)5-13(8)4-6/h2-5,14H,1H3,(H2,10,12). The molecule has 5 nitrogen and oxygen atoms in total. The van der Waals surface area contributed by atoms with E-state index in [0.717, 1.165) is 11.2 Å². The van der Waals surface area contributed by atoms with E-state index in [2.05, 4.69) is 10.1 Å². The Kier molecular flexibility index (Phi) is 1.85. The smallest absolute Gasteiger partial charge is 0.190 e. The van der Waals surface area contributed by atoms with Crippen LogP contribution in [0.5, 0.6) is 0 Å². The molecule has 0 spiro atoms. The Labute approximate surface area is 80.5 Å². The first-order valence-electron chi connectivity index (χ1n) is 4.14. The molecule has 2 aromatic rings. The van der Waals surface area contributed by atoms with E-state index in [1.807, 2.05) is 29.7 Å². The molecule has 5 heteroatoms. The maximum absolute atomic E-state index is 8.48. The van der Waals surface area contributed by atoms with Gasteiger partial charge in [-0.3, -0.25) is 0 Å². The van der Waals surface area contributed by atoms with Gasteiger partial charge in [-0.15, -0.1) is 0 Å². The molecule has 0 fully saturated rings. The number of fused-ring (bicyclic) bond motifs is 1. The normalized spacial score (nSPS) is 12.2. The number of pyridine rings is 1. The average Bonchev–Trinajstić information content (AvgIpc) is 2.59. The van der Waals surface area contributed by atoms with E-state index in [4.69, 9.17) is 10.9 Å². The maximum atomic E-state index is 8.48. The molecule has 0 aliphatic carbocycles. The van der Waals surface area contributed by atoms with Crippen molar-refractivity contribution in [1.82, 2.24) is 9.38 Å². The zero-order valence-corrected chi connectivity index (χ0v) is 7.68. The molecule has 0 amide bonds. The molecule has 14 heavy (non-hydrogen) atoms. The highest BCUT2D eigenvalue weighted by molar-refractivity contribution is 5.95. The molecule has 0 unspecified atom stereocenters. The molecule has 2 rings (SSSR count). The van der Waals surface area contributed by atoms with Crippen LogP contribution in [0.25, 0.3) is 5.65 Å². The van der Waals surface area contributed by atoms with Crippen LogP contribution in [0.3, 0.4) is 0 Å². The first-order valence-corrected chi connectivity index (χ1v) is 4.14. The van der Waals surface area contributed by atoms with Crippen LogP contribution in [0, 0.1) is 6.92 Å². The minimum absolute atomic E-state index is 0.0198. The van der Waals surface area contributed by atoms with E-state index in [9.17, 15) is 0 Å². The van der Waals surface area contributed by atoms with E-state index < -0.39 is 0 Å². The van der Waals surface area contributed by atoms with Crippen molar-refractivity contribution in [1.29, 1.82) is 0 Å². The lowest BCUT2D eigenvalue weighted by Gasteiger charge is -1.92. The third-order valence-corrected chi connectivity index (χ3v) is 1.97. The van der Waals surface area contributed by atoms with Crippen LogP contribution in [-0.2, 0) is 0 Å². The first kappa shape index (κ1) is 8.55. The molecule has 0 bridgehead atoms. The van der Waals surface area contributed by atoms with Gasteiger partial charge in [0.2, 0.25) is 0 Å². The third-order valence-electron chi connectivity index (χ3n) is 1.97. The average molecular weight is 190 g/mol. The number of aryl methyl sites for hydroxylation is 1. The van der Waals surface area contributed by atoms with Crippen LogP contribution in [0.2, 0.25) is 0 Å². The Morgan fingerprint density at radius 1 is 1.50 bits per heavy atom. The number of amidine groups is 1. The molecule has 0 aliphatic heterocycles. The second-order valence-corrected chi connectivity index (χ2v) is 3.08. The summed E-state index contributed by atoms with van der Waals surface area (Å²) in [5, 5.41) is 11.4. The van der Waals surface area contributed by atoms with Crippen molar-refractivity contribution in [3.05, 3.63) is 35.8 Å². The van der Waals surface area contributed by atoms with Crippen molar-refractivity contribution in [2.45, 2.75) is 6.92 Å². The van der Waals surface area contributed by atoms with E-state index in [1.54, 1.807) is 6.20 Å². The largest absolute Gasteiger partial charge is 0.409 e. The van der Waals surface area contributed by atoms with E-state index in [0.29, 0.717) is 5.69 Å². The van der Waals surface area contributed by atoms with Crippen molar-refractivity contribution in [3.63, 3.8) is 0 Å². The van der Waals surface area contributed by atoms with Gasteiger partial charge in [0.25, 0.3) is 0 Å². The van der Waals surface area contributed by atoms with Crippen molar-refractivity contribution in [3.8, 4) is 0 Å². The van der Waals surface area contributed by atoms with E-state index in [-0.39, 0.29) is 5.84 Å². The number of aromatic nitrogens is 2. The number of imidazole rings is 1. The highest BCUT2D eigenvalue weighted by atomic mass is 16.4. The Balaban J connectivity index is 2.62. The number of rotatable bonds is 1. The molecule has 3 N–H and O–H groups in total. The van der Waals surface area contributed by atoms with Gasteiger partial charge in [-0.1, -0.05) is 11.2 Å². The van der Waals surface area contributed by atoms with Gasteiger partial charge in [0, 0.05) is 12.4 Å². The van der Waals surface area contributed by atoms with Gasteiger partial charge in [0.15, 0.2) is 5.84 Å². The van der Waals surface area contributed by atoms with Crippen molar-refractivity contribution < 1.29 is 5.21 Å². The summed E-state index contributed by atoms with van der Waals surface area (Å²) in [6, 6.07) is 3.84. The van der Waals surface area contributed by atoms with Gasteiger partial charge in [0.05, 0.1) is 0 Å². The lowest BCUT2D eigenvalue weighted by atomic mass is 10.3. The number of nitrogens with zero attached hydrogens (tertiary/aromatic N) is 3. The van der Waals surface area contributed by atoms with Crippen molar-refractivity contribution in [2.24, 2.45) is 10.9 Å². The summed E-state index contributed by atoms with van der Waals surface area (Å²) in [4.78, 5) is 4.17. The number of hydrogen-bond donors (Lipinski definition) is 2. The Hall–Kier alpha value is -2.04. The summed E-state index contributed by atoms with van der Waals surface area (Å²) in [5.41, 5.74) is 7.79. The molecule has 2 aromatic heterocycles. The van der Waals surface area contributed by atoms with Gasteiger partial charge in [-0.25, -0.2) is 4.98 Å². The second kappa shape index (κ2) is 3.02. The minimum atomic E-state index is 0.0198. The van der Waals surface area contributed by atoms with E-state index in [1.165, 1.54) is 0 Å². The van der Waals surface area contributed by atoms with Crippen LogP contribution >= 0.6 is 0 Å². The lowest BCUT2D eigenvalue weighted by Crippen LogP contribution is -2.13. The quantitative estimate of drug-likeness (QED) is 0.301. The molecule has 2 heterocycles. The van der Waals surface area contributed by atoms with Crippen LogP contribution in [0.1, 0.15) is 11.3 Å². The second-order valence-electron chi connectivity index (χ2n) is 3.08. The summed E-state index contributed by atoms with van der Waals surface area (Å²) in [5.74, 6) is 0.0198. The number of nitrogens with two attached hydrogens (primary N) is 1. The molecule has 0 atom stereocenters. The highest BCUT2D eigenvalue weighted by Crippen LogP contribution is 2.06. The molecule has 72 valence electrons.